The maximum absolute atomic E-state index is 12.8. The molecule has 2 aliphatic rings. The molecule has 0 spiro atoms. The summed E-state index contributed by atoms with van der Waals surface area (Å²) >= 11 is 0. The second kappa shape index (κ2) is 6.00. The fourth-order valence-electron chi connectivity index (χ4n) is 3.34. The Kier molecular flexibility index (Phi) is 3.82. The molecule has 4 rings (SSSR count). The first-order valence-corrected chi connectivity index (χ1v) is 8.80. The van der Waals surface area contributed by atoms with Crippen molar-refractivity contribution in [3.8, 4) is 0 Å². The fourth-order valence-corrected chi connectivity index (χ4v) is 3.34. The Morgan fingerprint density at radius 2 is 1.92 bits per heavy atom. The van der Waals surface area contributed by atoms with Crippen molar-refractivity contribution < 1.29 is 4.79 Å². The Balaban J connectivity index is 1.48. The van der Waals surface area contributed by atoms with Gasteiger partial charge < -0.3 is 4.90 Å². The minimum Gasteiger partial charge on any atom is -0.338 e. The molecule has 0 bridgehead atoms. The van der Waals surface area contributed by atoms with E-state index < -0.39 is 0 Å². The van der Waals surface area contributed by atoms with Crippen molar-refractivity contribution >= 4 is 5.91 Å². The van der Waals surface area contributed by atoms with Gasteiger partial charge in [-0.05, 0) is 24.8 Å². The largest absolute Gasteiger partial charge is 0.338 e. The van der Waals surface area contributed by atoms with E-state index in [1.807, 2.05) is 18.7 Å². The maximum atomic E-state index is 12.8. The second-order valence-corrected chi connectivity index (χ2v) is 7.12. The van der Waals surface area contributed by atoms with Gasteiger partial charge in [0.1, 0.15) is 5.82 Å². The van der Waals surface area contributed by atoms with Gasteiger partial charge in [0, 0.05) is 49.4 Å². The molecule has 24 heavy (non-hydrogen) atoms. The number of carbonyl (C=O) groups excluding carboxylic acids is 1. The fraction of sp³-hybridized carbons (Fsp3) is 0.556. The molecule has 1 aliphatic carbocycles. The van der Waals surface area contributed by atoms with Crippen molar-refractivity contribution in [3.63, 3.8) is 0 Å². The Morgan fingerprint density at radius 3 is 2.58 bits per heavy atom. The third kappa shape index (κ3) is 2.81. The van der Waals surface area contributed by atoms with Crippen LogP contribution in [-0.4, -0.2) is 44.1 Å². The van der Waals surface area contributed by atoms with Gasteiger partial charge >= 0.3 is 0 Å². The van der Waals surface area contributed by atoms with Gasteiger partial charge in [0.2, 0.25) is 0 Å². The molecule has 1 aliphatic heterocycles. The van der Waals surface area contributed by atoms with Gasteiger partial charge in [-0.1, -0.05) is 13.8 Å². The van der Waals surface area contributed by atoms with Gasteiger partial charge in [-0.3, -0.25) is 9.89 Å². The molecule has 0 saturated heterocycles. The lowest BCUT2D eigenvalue weighted by Crippen LogP contribution is -2.33. The Labute approximate surface area is 141 Å². The summed E-state index contributed by atoms with van der Waals surface area (Å²) in [6.07, 6.45) is 7.54. The summed E-state index contributed by atoms with van der Waals surface area (Å²) < 4.78 is 0. The highest BCUT2D eigenvalue weighted by Gasteiger charge is 2.31. The summed E-state index contributed by atoms with van der Waals surface area (Å²) in [7, 11) is 0. The molecule has 6 nitrogen and oxygen atoms in total. The number of carbonyl (C=O) groups is 1. The van der Waals surface area contributed by atoms with E-state index in [4.69, 9.17) is 0 Å². The van der Waals surface area contributed by atoms with E-state index >= 15 is 0 Å². The molecule has 2 aromatic heterocycles. The van der Waals surface area contributed by atoms with Crippen molar-refractivity contribution in [3.05, 3.63) is 40.7 Å². The third-order valence-corrected chi connectivity index (χ3v) is 4.93. The van der Waals surface area contributed by atoms with Crippen LogP contribution in [-0.2, 0) is 12.8 Å². The Morgan fingerprint density at radius 1 is 1.21 bits per heavy atom. The quantitative estimate of drug-likeness (QED) is 0.940. The van der Waals surface area contributed by atoms with E-state index in [9.17, 15) is 4.79 Å². The van der Waals surface area contributed by atoms with Crippen molar-refractivity contribution in [2.24, 2.45) is 0 Å². The lowest BCUT2D eigenvalue weighted by molar-refractivity contribution is 0.0761. The van der Waals surface area contributed by atoms with E-state index in [0.717, 1.165) is 25.2 Å². The number of amides is 1. The monoisotopic (exact) mass is 325 g/mol. The molecule has 0 atom stereocenters. The predicted octanol–water partition coefficient (Wildman–Crippen LogP) is 2.44. The van der Waals surface area contributed by atoms with Crippen LogP contribution in [0.4, 0.5) is 0 Å². The summed E-state index contributed by atoms with van der Waals surface area (Å²) in [5.41, 5.74) is 4.37. The number of rotatable bonds is 3. The standard InChI is InChI=1S/C18H23N5O/c1-11(2)17-19-9-13(10-20-17)18(24)23-7-5-14-15(6-8-23)21-22-16(14)12-3-4-12/h9-12H,3-8H2,1-2H3,(H,21,22). The topological polar surface area (TPSA) is 74.8 Å². The minimum atomic E-state index is 0.0244. The molecule has 2 aromatic rings. The average Bonchev–Trinajstić information content (AvgIpc) is 3.39. The summed E-state index contributed by atoms with van der Waals surface area (Å²) in [5, 5.41) is 7.70. The summed E-state index contributed by atoms with van der Waals surface area (Å²) in [6.45, 7) is 5.54. The number of aromatic amines is 1. The third-order valence-electron chi connectivity index (χ3n) is 4.93. The van der Waals surface area contributed by atoms with Crippen molar-refractivity contribution in [2.45, 2.75) is 51.4 Å². The Hall–Kier alpha value is -2.24. The van der Waals surface area contributed by atoms with E-state index in [2.05, 4.69) is 20.2 Å². The lowest BCUT2D eigenvalue weighted by Gasteiger charge is -2.20. The maximum Gasteiger partial charge on any atom is 0.257 e. The van der Waals surface area contributed by atoms with Gasteiger partial charge in [-0.15, -0.1) is 0 Å². The molecular weight excluding hydrogens is 302 g/mol. The second-order valence-electron chi connectivity index (χ2n) is 7.12. The SMILES string of the molecule is CC(C)c1ncc(C(=O)N2CCc3[nH]nc(C4CC4)c3CC2)cn1. The molecule has 0 aromatic carbocycles. The molecule has 3 heterocycles. The van der Waals surface area contributed by atoms with Crippen LogP contribution >= 0.6 is 0 Å². The molecule has 1 amide bonds. The van der Waals surface area contributed by atoms with E-state index in [1.165, 1.54) is 29.8 Å². The van der Waals surface area contributed by atoms with Crippen molar-refractivity contribution in [1.29, 1.82) is 0 Å². The van der Waals surface area contributed by atoms with Gasteiger partial charge in [0.25, 0.3) is 5.91 Å². The van der Waals surface area contributed by atoms with Crippen molar-refractivity contribution in [2.75, 3.05) is 13.1 Å². The molecule has 6 heteroatoms. The smallest absolute Gasteiger partial charge is 0.257 e. The van der Waals surface area contributed by atoms with E-state index in [-0.39, 0.29) is 11.8 Å². The van der Waals surface area contributed by atoms with Gasteiger partial charge in [0.15, 0.2) is 0 Å². The highest BCUT2D eigenvalue weighted by Crippen LogP contribution is 2.41. The number of aromatic nitrogens is 4. The van der Waals surface area contributed by atoms with E-state index in [1.54, 1.807) is 12.4 Å². The molecule has 0 unspecified atom stereocenters. The van der Waals surface area contributed by atoms with Crippen LogP contribution in [0.3, 0.4) is 0 Å². The highest BCUT2D eigenvalue weighted by atomic mass is 16.2. The highest BCUT2D eigenvalue weighted by molar-refractivity contribution is 5.93. The molecule has 1 N–H and O–H groups in total. The van der Waals surface area contributed by atoms with Crippen LogP contribution in [0.2, 0.25) is 0 Å². The van der Waals surface area contributed by atoms with Crippen LogP contribution in [0.1, 0.15) is 71.7 Å². The lowest BCUT2D eigenvalue weighted by atomic mass is 10.1. The van der Waals surface area contributed by atoms with Crippen molar-refractivity contribution in [1.82, 2.24) is 25.1 Å². The first-order valence-electron chi connectivity index (χ1n) is 8.80. The number of hydrogen-bond acceptors (Lipinski definition) is 4. The minimum absolute atomic E-state index is 0.0244. The summed E-state index contributed by atoms with van der Waals surface area (Å²) in [5.74, 6) is 1.71. The summed E-state index contributed by atoms with van der Waals surface area (Å²) in [4.78, 5) is 23.3. The van der Waals surface area contributed by atoms with Crippen LogP contribution in [0.25, 0.3) is 0 Å². The van der Waals surface area contributed by atoms with Crippen LogP contribution in [0, 0.1) is 0 Å². The normalized spacial score (nSPS) is 17.7. The zero-order valence-electron chi connectivity index (χ0n) is 14.2. The first kappa shape index (κ1) is 15.3. The predicted molar refractivity (Wildman–Crippen MR) is 90.0 cm³/mol. The van der Waals surface area contributed by atoms with E-state index in [0.29, 0.717) is 18.0 Å². The summed E-state index contributed by atoms with van der Waals surface area (Å²) in [6, 6.07) is 0. The zero-order chi connectivity index (χ0) is 16.7. The van der Waals surface area contributed by atoms with Crippen LogP contribution in [0.15, 0.2) is 12.4 Å². The molecule has 0 radical (unpaired) electrons. The zero-order valence-corrected chi connectivity index (χ0v) is 14.2. The van der Waals surface area contributed by atoms with Crippen LogP contribution in [0.5, 0.6) is 0 Å². The van der Waals surface area contributed by atoms with Gasteiger partial charge in [-0.25, -0.2) is 9.97 Å². The molecule has 1 fully saturated rings. The molecule has 1 saturated carbocycles. The number of nitrogens with zero attached hydrogens (tertiary/aromatic N) is 4. The molecular formula is C18H23N5O. The average molecular weight is 325 g/mol. The van der Waals surface area contributed by atoms with Gasteiger partial charge in [-0.2, -0.15) is 5.10 Å². The van der Waals surface area contributed by atoms with Gasteiger partial charge in [0.05, 0.1) is 11.3 Å². The number of nitrogens with one attached hydrogen (secondary N) is 1. The molecule has 126 valence electrons. The first-order chi connectivity index (χ1) is 11.6. The number of fused-ring (bicyclic) bond motifs is 1. The number of hydrogen-bond donors (Lipinski definition) is 1. The van der Waals surface area contributed by atoms with Crippen LogP contribution < -0.4 is 0 Å². The number of H-pyrrole nitrogens is 1. The Bertz CT molecular complexity index is 745.